The Labute approximate surface area is 151 Å². The number of carbonyl (C=O) groups is 1. The standard InChI is InChI=1S/C19H20N4OS/c1-15(25-18-6-3-4-11-20-18)19(24)22(2)14-16-7-9-17(10-8-16)23-13-5-12-21-23/h3-13,15H,14H2,1-2H3. The molecule has 0 aliphatic carbocycles. The van der Waals surface area contributed by atoms with Crippen molar-refractivity contribution in [1.29, 1.82) is 0 Å². The number of hydrogen-bond acceptors (Lipinski definition) is 4. The van der Waals surface area contributed by atoms with Crippen LogP contribution < -0.4 is 0 Å². The third kappa shape index (κ3) is 4.48. The van der Waals surface area contributed by atoms with Crippen molar-refractivity contribution in [2.24, 2.45) is 0 Å². The Morgan fingerprint density at radius 3 is 2.60 bits per heavy atom. The van der Waals surface area contributed by atoms with Crippen LogP contribution in [0.5, 0.6) is 0 Å². The summed E-state index contributed by atoms with van der Waals surface area (Å²) in [6.45, 7) is 2.49. The van der Waals surface area contributed by atoms with Gasteiger partial charge in [-0.15, -0.1) is 0 Å². The van der Waals surface area contributed by atoms with E-state index in [2.05, 4.69) is 10.1 Å². The molecule has 2 aromatic heterocycles. The molecule has 1 atom stereocenters. The Morgan fingerprint density at radius 1 is 1.16 bits per heavy atom. The lowest BCUT2D eigenvalue weighted by molar-refractivity contribution is -0.129. The van der Waals surface area contributed by atoms with E-state index < -0.39 is 0 Å². The van der Waals surface area contributed by atoms with Crippen molar-refractivity contribution in [3.8, 4) is 5.69 Å². The Morgan fingerprint density at radius 2 is 1.96 bits per heavy atom. The van der Waals surface area contributed by atoms with Gasteiger partial charge in [0.05, 0.1) is 16.0 Å². The molecule has 3 aromatic rings. The number of amides is 1. The average molecular weight is 352 g/mol. The molecule has 0 spiro atoms. The van der Waals surface area contributed by atoms with Crippen LogP contribution in [-0.4, -0.2) is 37.9 Å². The SMILES string of the molecule is CC(Sc1ccccn1)C(=O)N(C)Cc1ccc(-n2cccn2)cc1. The van der Waals surface area contributed by atoms with E-state index in [9.17, 15) is 4.79 Å². The monoisotopic (exact) mass is 352 g/mol. The smallest absolute Gasteiger partial charge is 0.235 e. The summed E-state index contributed by atoms with van der Waals surface area (Å²) in [6, 6.07) is 15.7. The van der Waals surface area contributed by atoms with Crippen LogP contribution in [0.4, 0.5) is 0 Å². The molecule has 0 saturated carbocycles. The first kappa shape index (κ1) is 17.2. The van der Waals surface area contributed by atoms with Crippen molar-refractivity contribution in [2.45, 2.75) is 23.7 Å². The van der Waals surface area contributed by atoms with Crippen LogP contribution in [0.15, 0.2) is 72.1 Å². The first-order chi connectivity index (χ1) is 12.1. The Balaban J connectivity index is 1.59. The number of hydrogen-bond donors (Lipinski definition) is 0. The fraction of sp³-hybridized carbons (Fsp3) is 0.211. The number of pyridine rings is 1. The van der Waals surface area contributed by atoms with E-state index in [-0.39, 0.29) is 11.2 Å². The molecular weight excluding hydrogens is 332 g/mol. The minimum Gasteiger partial charge on any atom is -0.340 e. The largest absolute Gasteiger partial charge is 0.340 e. The van der Waals surface area contributed by atoms with Crippen molar-refractivity contribution in [1.82, 2.24) is 19.7 Å². The highest BCUT2D eigenvalue weighted by atomic mass is 32.2. The molecule has 3 rings (SSSR count). The van der Waals surface area contributed by atoms with Crippen molar-refractivity contribution >= 4 is 17.7 Å². The number of benzene rings is 1. The summed E-state index contributed by atoms with van der Waals surface area (Å²) < 4.78 is 1.81. The molecule has 1 unspecified atom stereocenters. The Bertz CT molecular complexity index is 803. The van der Waals surface area contributed by atoms with Crippen LogP contribution in [0.25, 0.3) is 5.69 Å². The Kier molecular flexibility index (Phi) is 5.50. The molecule has 0 fully saturated rings. The van der Waals surface area contributed by atoms with Crippen LogP contribution in [-0.2, 0) is 11.3 Å². The number of rotatable bonds is 6. The summed E-state index contributed by atoms with van der Waals surface area (Å²) >= 11 is 1.48. The van der Waals surface area contributed by atoms with E-state index in [1.807, 2.05) is 73.4 Å². The maximum absolute atomic E-state index is 12.6. The first-order valence-corrected chi connectivity index (χ1v) is 8.93. The molecule has 1 aromatic carbocycles. The maximum Gasteiger partial charge on any atom is 0.235 e. The molecule has 6 heteroatoms. The molecule has 0 radical (unpaired) electrons. The van der Waals surface area contributed by atoms with Crippen molar-refractivity contribution in [3.63, 3.8) is 0 Å². The van der Waals surface area contributed by atoms with Gasteiger partial charge >= 0.3 is 0 Å². The van der Waals surface area contributed by atoms with Gasteiger partial charge in [-0.05, 0) is 42.8 Å². The molecule has 0 saturated heterocycles. The van der Waals surface area contributed by atoms with E-state index >= 15 is 0 Å². The molecule has 0 aliphatic heterocycles. The summed E-state index contributed by atoms with van der Waals surface area (Å²) in [7, 11) is 1.83. The highest BCUT2D eigenvalue weighted by molar-refractivity contribution is 8.00. The van der Waals surface area contributed by atoms with Gasteiger partial charge in [-0.25, -0.2) is 9.67 Å². The zero-order chi connectivity index (χ0) is 17.6. The van der Waals surface area contributed by atoms with E-state index in [1.165, 1.54) is 11.8 Å². The van der Waals surface area contributed by atoms with Crippen LogP contribution in [0.3, 0.4) is 0 Å². The van der Waals surface area contributed by atoms with E-state index in [0.717, 1.165) is 16.3 Å². The normalized spacial score (nSPS) is 11.9. The van der Waals surface area contributed by atoms with Gasteiger partial charge in [-0.3, -0.25) is 4.79 Å². The molecule has 2 heterocycles. The summed E-state index contributed by atoms with van der Waals surface area (Å²) in [5.74, 6) is 0.0896. The lowest BCUT2D eigenvalue weighted by Gasteiger charge is -2.21. The first-order valence-electron chi connectivity index (χ1n) is 8.05. The van der Waals surface area contributed by atoms with Gasteiger partial charge in [-0.2, -0.15) is 5.10 Å². The highest BCUT2D eigenvalue weighted by Crippen LogP contribution is 2.22. The molecule has 0 aliphatic rings. The van der Waals surface area contributed by atoms with Crippen LogP contribution in [0.2, 0.25) is 0 Å². The molecule has 0 N–H and O–H groups in total. The Hall–Kier alpha value is -2.60. The minimum atomic E-state index is -0.178. The number of thioether (sulfide) groups is 1. The second-order valence-corrected chi connectivity index (χ2v) is 7.10. The van der Waals surface area contributed by atoms with Gasteiger partial charge in [0.15, 0.2) is 0 Å². The topological polar surface area (TPSA) is 51.0 Å². The van der Waals surface area contributed by atoms with Gasteiger partial charge < -0.3 is 4.90 Å². The fourth-order valence-electron chi connectivity index (χ4n) is 2.49. The van der Waals surface area contributed by atoms with Crippen LogP contribution >= 0.6 is 11.8 Å². The molecule has 5 nitrogen and oxygen atoms in total. The quantitative estimate of drug-likeness (QED) is 0.638. The zero-order valence-corrected chi connectivity index (χ0v) is 15.1. The number of aromatic nitrogens is 3. The number of nitrogens with zero attached hydrogens (tertiary/aromatic N) is 4. The molecule has 128 valence electrons. The van der Waals surface area contributed by atoms with Crippen molar-refractivity contribution in [2.75, 3.05) is 7.05 Å². The summed E-state index contributed by atoms with van der Waals surface area (Å²) in [4.78, 5) is 18.6. The highest BCUT2D eigenvalue weighted by Gasteiger charge is 2.19. The van der Waals surface area contributed by atoms with E-state index in [1.54, 1.807) is 17.3 Å². The van der Waals surface area contributed by atoms with Crippen molar-refractivity contribution in [3.05, 3.63) is 72.7 Å². The minimum absolute atomic E-state index is 0.0896. The second kappa shape index (κ2) is 7.98. The average Bonchev–Trinajstić information content (AvgIpc) is 3.17. The summed E-state index contributed by atoms with van der Waals surface area (Å²) in [6.07, 6.45) is 5.40. The van der Waals surface area contributed by atoms with Gasteiger partial charge in [0.1, 0.15) is 0 Å². The van der Waals surface area contributed by atoms with Crippen LogP contribution in [0.1, 0.15) is 12.5 Å². The van der Waals surface area contributed by atoms with E-state index in [4.69, 9.17) is 0 Å². The summed E-state index contributed by atoms with van der Waals surface area (Å²) in [5, 5.41) is 4.90. The number of carbonyl (C=O) groups excluding carboxylic acids is 1. The maximum atomic E-state index is 12.6. The van der Waals surface area contributed by atoms with Gasteiger partial charge in [0.2, 0.25) is 5.91 Å². The molecule has 0 bridgehead atoms. The van der Waals surface area contributed by atoms with Gasteiger partial charge in [-0.1, -0.05) is 30.0 Å². The predicted octanol–water partition coefficient (Wildman–Crippen LogP) is 3.41. The van der Waals surface area contributed by atoms with E-state index in [0.29, 0.717) is 6.54 Å². The lowest BCUT2D eigenvalue weighted by Crippen LogP contribution is -2.32. The predicted molar refractivity (Wildman–Crippen MR) is 99.6 cm³/mol. The van der Waals surface area contributed by atoms with Crippen molar-refractivity contribution < 1.29 is 4.79 Å². The third-order valence-corrected chi connectivity index (χ3v) is 4.82. The summed E-state index contributed by atoms with van der Waals surface area (Å²) in [5.41, 5.74) is 2.09. The fourth-order valence-corrected chi connectivity index (χ4v) is 3.41. The van der Waals surface area contributed by atoms with Crippen LogP contribution in [0, 0.1) is 0 Å². The van der Waals surface area contributed by atoms with Gasteiger partial charge in [0, 0.05) is 32.2 Å². The zero-order valence-electron chi connectivity index (χ0n) is 14.2. The molecular formula is C19H20N4OS. The molecule has 25 heavy (non-hydrogen) atoms. The third-order valence-electron chi connectivity index (χ3n) is 3.78. The molecule has 1 amide bonds. The second-order valence-electron chi connectivity index (χ2n) is 5.74. The lowest BCUT2D eigenvalue weighted by atomic mass is 10.2. The van der Waals surface area contributed by atoms with Gasteiger partial charge in [0.25, 0.3) is 0 Å².